The molecule has 0 bridgehead atoms. The number of ether oxygens (including phenoxy) is 4. The van der Waals surface area contributed by atoms with Crippen molar-refractivity contribution in [3.63, 3.8) is 0 Å². The third kappa shape index (κ3) is 7.58. The van der Waals surface area contributed by atoms with Crippen molar-refractivity contribution >= 4 is 23.0 Å². The Morgan fingerprint density at radius 2 is 1.53 bits per heavy atom. The maximum atomic E-state index is 12.5. The molecule has 232 valence electrons. The molecule has 3 aromatic carbocycles. The van der Waals surface area contributed by atoms with Gasteiger partial charge in [-0.15, -0.1) is 0 Å². The van der Waals surface area contributed by atoms with E-state index < -0.39 is 5.60 Å². The molecule has 0 atom stereocenters. The number of nitrogens with zero attached hydrogens (tertiary/aromatic N) is 3. The summed E-state index contributed by atoms with van der Waals surface area (Å²) in [7, 11) is 0. The zero-order chi connectivity index (χ0) is 31.2. The van der Waals surface area contributed by atoms with Gasteiger partial charge in [-0.3, -0.25) is 0 Å². The summed E-state index contributed by atoms with van der Waals surface area (Å²) in [5.41, 5.74) is 5.67. The molecule has 0 radical (unpaired) electrons. The summed E-state index contributed by atoms with van der Waals surface area (Å²) in [6.07, 6.45) is 2.56. The van der Waals surface area contributed by atoms with E-state index in [-0.39, 0.29) is 6.09 Å². The first-order valence-corrected chi connectivity index (χ1v) is 15.4. The second-order valence-corrected chi connectivity index (χ2v) is 12.1. The molecule has 0 saturated carbocycles. The first-order chi connectivity index (χ1) is 21.8. The van der Waals surface area contributed by atoms with Gasteiger partial charge in [0.1, 0.15) is 36.9 Å². The fraction of sp³-hybridized carbons (Fsp3) is 0.297. The van der Waals surface area contributed by atoms with Crippen molar-refractivity contribution in [2.24, 2.45) is 0 Å². The summed E-state index contributed by atoms with van der Waals surface area (Å²) in [4.78, 5) is 21.3. The van der Waals surface area contributed by atoms with Crippen LogP contribution in [0.4, 0.5) is 16.2 Å². The molecule has 2 aliphatic rings. The summed E-state index contributed by atoms with van der Waals surface area (Å²) in [5.74, 6) is 1.80. The highest BCUT2D eigenvalue weighted by molar-refractivity contribution is 5.78. The van der Waals surface area contributed by atoms with Gasteiger partial charge < -0.3 is 28.7 Å². The predicted molar refractivity (Wildman–Crippen MR) is 175 cm³/mol. The number of rotatable bonds is 8. The molecule has 6 rings (SSSR count). The fourth-order valence-electron chi connectivity index (χ4n) is 5.36. The van der Waals surface area contributed by atoms with Gasteiger partial charge in [-0.25, -0.2) is 4.79 Å². The van der Waals surface area contributed by atoms with Crippen LogP contribution in [-0.4, -0.2) is 47.8 Å². The van der Waals surface area contributed by atoms with Crippen LogP contribution >= 0.6 is 0 Å². The molecule has 0 fully saturated rings. The van der Waals surface area contributed by atoms with E-state index in [0.29, 0.717) is 51.2 Å². The van der Waals surface area contributed by atoms with Gasteiger partial charge in [0.05, 0.1) is 12.2 Å². The van der Waals surface area contributed by atoms with Crippen molar-refractivity contribution in [3.05, 3.63) is 114 Å². The number of pyridine rings is 1. The molecule has 0 N–H and O–H groups in total. The molecule has 45 heavy (non-hydrogen) atoms. The van der Waals surface area contributed by atoms with E-state index in [4.69, 9.17) is 23.9 Å². The van der Waals surface area contributed by atoms with Crippen molar-refractivity contribution in [1.29, 1.82) is 0 Å². The third-order valence-corrected chi connectivity index (χ3v) is 7.61. The van der Waals surface area contributed by atoms with Gasteiger partial charge in [0.2, 0.25) is 11.8 Å². The second-order valence-electron chi connectivity index (χ2n) is 12.1. The van der Waals surface area contributed by atoms with E-state index in [2.05, 4.69) is 29.2 Å². The van der Waals surface area contributed by atoms with E-state index in [1.54, 1.807) is 4.90 Å². The summed E-state index contributed by atoms with van der Waals surface area (Å²) < 4.78 is 24.1. The maximum absolute atomic E-state index is 12.5. The lowest BCUT2D eigenvalue weighted by Gasteiger charge is -2.33. The quantitative estimate of drug-likeness (QED) is 0.203. The molecular weight excluding hydrogens is 566 g/mol. The van der Waals surface area contributed by atoms with E-state index in [1.807, 2.05) is 93.6 Å². The smallest absolute Gasteiger partial charge is 0.410 e. The Labute approximate surface area is 264 Å². The minimum Gasteiger partial charge on any atom is -0.490 e. The van der Waals surface area contributed by atoms with Crippen molar-refractivity contribution in [1.82, 2.24) is 9.88 Å². The molecule has 0 aliphatic carbocycles. The zero-order valence-electron chi connectivity index (χ0n) is 26.1. The minimum atomic E-state index is -0.514. The van der Waals surface area contributed by atoms with Crippen LogP contribution < -0.4 is 19.1 Å². The molecule has 2 aliphatic heterocycles. The lowest BCUT2D eigenvalue weighted by atomic mass is 9.98. The van der Waals surface area contributed by atoms with Crippen molar-refractivity contribution in [2.45, 2.75) is 46.0 Å². The Morgan fingerprint density at radius 1 is 0.844 bits per heavy atom. The van der Waals surface area contributed by atoms with Gasteiger partial charge in [-0.1, -0.05) is 72.8 Å². The highest BCUT2D eigenvalue weighted by Crippen LogP contribution is 2.42. The van der Waals surface area contributed by atoms with Gasteiger partial charge in [0.25, 0.3) is 0 Å². The first-order valence-electron chi connectivity index (χ1n) is 15.4. The summed E-state index contributed by atoms with van der Waals surface area (Å²) in [6, 6.07) is 30.3. The van der Waals surface area contributed by atoms with Gasteiger partial charge in [-0.05, 0) is 67.7 Å². The number of benzene rings is 3. The zero-order valence-corrected chi connectivity index (χ0v) is 26.1. The summed E-state index contributed by atoms with van der Waals surface area (Å²) >= 11 is 0. The van der Waals surface area contributed by atoms with Crippen LogP contribution in [0, 0.1) is 0 Å². The Morgan fingerprint density at radius 3 is 2.20 bits per heavy atom. The number of hydrogen-bond donors (Lipinski definition) is 0. The van der Waals surface area contributed by atoms with Gasteiger partial charge >= 0.3 is 6.09 Å². The highest BCUT2D eigenvalue weighted by atomic mass is 16.6. The third-order valence-electron chi connectivity index (χ3n) is 7.61. The number of fused-ring (bicyclic) bond motifs is 1. The van der Waals surface area contributed by atoms with Crippen LogP contribution in [0.2, 0.25) is 0 Å². The van der Waals surface area contributed by atoms with Crippen LogP contribution in [0.3, 0.4) is 0 Å². The largest absolute Gasteiger partial charge is 0.490 e. The first kappa shape index (κ1) is 30.1. The number of amides is 1. The lowest BCUT2D eigenvalue weighted by Crippen LogP contribution is -2.39. The van der Waals surface area contributed by atoms with Gasteiger partial charge in [0, 0.05) is 19.2 Å². The molecule has 1 aromatic heterocycles. The molecule has 4 aromatic rings. The molecule has 8 nitrogen and oxygen atoms in total. The van der Waals surface area contributed by atoms with Crippen LogP contribution in [0.5, 0.6) is 17.5 Å². The number of hydrogen-bond acceptors (Lipinski definition) is 7. The van der Waals surface area contributed by atoms with Crippen LogP contribution in [0.1, 0.15) is 43.9 Å². The molecule has 1 amide bonds. The topological polar surface area (TPSA) is 73.4 Å². The Hall–Kier alpha value is -4.98. The SMILES string of the molecule is CC(C)(C)OC(=O)N1CC=C(c2ccc3c(c2)OCCN3c2ccc(OCc3ccccc3)nc2OCc2ccccc2)CC1. The van der Waals surface area contributed by atoms with Crippen LogP contribution in [0.15, 0.2) is 97.1 Å². The lowest BCUT2D eigenvalue weighted by molar-refractivity contribution is 0.0270. The highest BCUT2D eigenvalue weighted by Gasteiger charge is 2.27. The standard InChI is InChI=1S/C37H39N3O5/c1-37(2,3)45-36(41)39-20-18-29(19-21-39)30-14-15-31-33(24-30)42-23-22-40(31)32-16-17-34(43-25-27-10-6-4-7-11-27)38-35(32)44-26-28-12-8-5-9-13-28/h4-18,24H,19-23,25-26H2,1-3H3. The molecular formula is C37H39N3O5. The van der Waals surface area contributed by atoms with Gasteiger partial charge in [-0.2, -0.15) is 4.98 Å². The van der Waals surface area contributed by atoms with Crippen LogP contribution in [-0.2, 0) is 18.0 Å². The van der Waals surface area contributed by atoms with Crippen molar-refractivity contribution in [3.8, 4) is 17.5 Å². The predicted octanol–water partition coefficient (Wildman–Crippen LogP) is 7.79. The molecule has 0 unspecified atom stereocenters. The molecule has 8 heteroatoms. The summed E-state index contributed by atoms with van der Waals surface area (Å²) in [5, 5.41) is 0. The summed E-state index contributed by atoms with van der Waals surface area (Å²) in [6.45, 7) is 8.74. The monoisotopic (exact) mass is 605 g/mol. The Balaban J connectivity index is 1.23. The van der Waals surface area contributed by atoms with Crippen molar-refractivity contribution < 1.29 is 23.7 Å². The van der Waals surface area contributed by atoms with Gasteiger partial charge in [0.15, 0.2) is 0 Å². The number of carbonyl (C=O) groups is 1. The number of aromatic nitrogens is 1. The number of carbonyl (C=O) groups excluding carboxylic acids is 1. The Bertz CT molecular complexity index is 1650. The van der Waals surface area contributed by atoms with Crippen LogP contribution in [0.25, 0.3) is 5.57 Å². The minimum absolute atomic E-state index is 0.280. The second kappa shape index (κ2) is 13.3. The van der Waals surface area contributed by atoms with E-state index in [0.717, 1.165) is 40.2 Å². The molecule has 0 saturated heterocycles. The van der Waals surface area contributed by atoms with E-state index in [9.17, 15) is 4.79 Å². The van der Waals surface area contributed by atoms with E-state index >= 15 is 0 Å². The number of anilines is 2. The average Bonchev–Trinajstić information content (AvgIpc) is 3.06. The average molecular weight is 606 g/mol. The Kier molecular flexibility index (Phi) is 8.91. The maximum Gasteiger partial charge on any atom is 0.410 e. The molecule has 0 spiro atoms. The fourth-order valence-corrected chi connectivity index (χ4v) is 5.36. The normalized spacial score (nSPS) is 14.6. The van der Waals surface area contributed by atoms with Crippen molar-refractivity contribution in [2.75, 3.05) is 31.1 Å². The molecule has 3 heterocycles. The van der Waals surface area contributed by atoms with E-state index in [1.165, 1.54) is 5.57 Å².